The Bertz CT molecular complexity index is 961. The van der Waals surface area contributed by atoms with Crippen LogP contribution < -0.4 is 5.32 Å². The van der Waals surface area contributed by atoms with Gasteiger partial charge in [-0.25, -0.2) is 4.98 Å². The Hall–Kier alpha value is -3.53. The fourth-order valence-corrected chi connectivity index (χ4v) is 2.67. The molecule has 1 N–H and O–H groups in total. The second-order valence-corrected chi connectivity index (χ2v) is 6.27. The average molecular weight is 369 g/mol. The lowest BCUT2D eigenvalue weighted by Crippen LogP contribution is -2.27. The zero-order chi connectivity index (χ0) is 19.4. The van der Waals surface area contributed by atoms with Crippen LogP contribution in [0.4, 0.5) is 0 Å². The SMILES string of the molecule is O=C(Cc1ccccc1)NCCc1cnc2ccccc2n1.c1ccccc1. The van der Waals surface area contributed by atoms with Crippen LogP contribution in [-0.2, 0) is 17.6 Å². The van der Waals surface area contributed by atoms with Gasteiger partial charge < -0.3 is 5.32 Å². The first kappa shape index (κ1) is 19.2. The van der Waals surface area contributed by atoms with E-state index in [1.807, 2.05) is 91.0 Å². The van der Waals surface area contributed by atoms with E-state index in [9.17, 15) is 4.79 Å². The minimum atomic E-state index is 0.0277. The summed E-state index contributed by atoms with van der Waals surface area (Å²) >= 11 is 0. The summed E-state index contributed by atoms with van der Waals surface area (Å²) in [5.74, 6) is 0.0277. The Morgan fingerprint density at radius 2 is 1.32 bits per heavy atom. The van der Waals surface area contributed by atoms with Crippen molar-refractivity contribution in [3.05, 3.63) is 108 Å². The molecule has 4 aromatic rings. The zero-order valence-electron chi connectivity index (χ0n) is 15.7. The Morgan fingerprint density at radius 1 is 0.750 bits per heavy atom. The van der Waals surface area contributed by atoms with Crippen molar-refractivity contribution < 1.29 is 4.79 Å². The van der Waals surface area contributed by atoms with Crippen LogP contribution in [0.5, 0.6) is 0 Å². The van der Waals surface area contributed by atoms with Gasteiger partial charge in [0, 0.05) is 19.2 Å². The van der Waals surface area contributed by atoms with Gasteiger partial charge in [0.25, 0.3) is 0 Å². The standard InChI is InChI=1S/C18H17N3O.C6H6/c22-18(12-14-6-2-1-3-7-14)19-11-10-15-13-20-16-8-4-5-9-17(16)21-15;1-2-4-6-5-3-1/h1-9,13H,10-12H2,(H,19,22);1-6H. The molecule has 1 amide bonds. The summed E-state index contributed by atoms with van der Waals surface area (Å²) in [6.07, 6.45) is 2.86. The van der Waals surface area contributed by atoms with Gasteiger partial charge in [-0.15, -0.1) is 0 Å². The molecule has 0 bridgehead atoms. The van der Waals surface area contributed by atoms with Crippen LogP contribution in [0.3, 0.4) is 0 Å². The Kier molecular flexibility index (Phi) is 7.27. The fraction of sp³-hybridized carbons (Fsp3) is 0.125. The van der Waals surface area contributed by atoms with E-state index in [0.717, 1.165) is 22.3 Å². The highest BCUT2D eigenvalue weighted by molar-refractivity contribution is 5.78. The number of carbonyl (C=O) groups is 1. The number of nitrogens with zero attached hydrogens (tertiary/aromatic N) is 2. The number of amides is 1. The Balaban J connectivity index is 0.000000320. The van der Waals surface area contributed by atoms with Gasteiger partial charge in [-0.2, -0.15) is 0 Å². The highest BCUT2D eigenvalue weighted by atomic mass is 16.1. The molecular weight excluding hydrogens is 346 g/mol. The third-order valence-corrected chi connectivity index (χ3v) is 4.08. The number of aromatic nitrogens is 2. The van der Waals surface area contributed by atoms with Gasteiger partial charge in [-0.3, -0.25) is 9.78 Å². The van der Waals surface area contributed by atoms with E-state index in [2.05, 4.69) is 15.3 Å². The van der Waals surface area contributed by atoms with Crippen LogP contribution in [0.25, 0.3) is 11.0 Å². The molecule has 0 atom stereocenters. The molecule has 0 saturated heterocycles. The normalized spacial score (nSPS) is 10.0. The monoisotopic (exact) mass is 369 g/mol. The maximum Gasteiger partial charge on any atom is 0.224 e. The van der Waals surface area contributed by atoms with E-state index in [0.29, 0.717) is 19.4 Å². The number of benzene rings is 3. The second-order valence-electron chi connectivity index (χ2n) is 6.27. The fourth-order valence-electron chi connectivity index (χ4n) is 2.67. The lowest BCUT2D eigenvalue weighted by molar-refractivity contribution is -0.120. The molecule has 1 heterocycles. The van der Waals surface area contributed by atoms with E-state index in [1.165, 1.54) is 0 Å². The largest absolute Gasteiger partial charge is 0.355 e. The molecule has 3 aromatic carbocycles. The molecule has 0 saturated carbocycles. The first-order valence-electron chi connectivity index (χ1n) is 9.32. The highest BCUT2D eigenvalue weighted by Gasteiger charge is 2.04. The lowest BCUT2D eigenvalue weighted by Gasteiger charge is -2.05. The number of para-hydroxylation sites is 2. The van der Waals surface area contributed by atoms with Crippen LogP contribution in [0, 0.1) is 0 Å². The maximum absolute atomic E-state index is 11.9. The first-order chi connectivity index (χ1) is 13.8. The number of rotatable bonds is 5. The van der Waals surface area contributed by atoms with E-state index in [-0.39, 0.29) is 5.91 Å². The first-order valence-corrected chi connectivity index (χ1v) is 9.32. The van der Waals surface area contributed by atoms with Crippen molar-refractivity contribution in [2.45, 2.75) is 12.8 Å². The predicted octanol–water partition coefficient (Wildman–Crippen LogP) is 4.22. The molecular formula is C24H23N3O. The Labute approximate surface area is 165 Å². The number of hydrogen-bond acceptors (Lipinski definition) is 3. The third-order valence-electron chi connectivity index (χ3n) is 4.08. The molecule has 28 heavy (non-hydrogen) atoms. The second kappa shape index (κ2) is 10.6. The van der Waals surface area contributed by atoms with Crippen molar-refractivity contribution in [1.29, 1.82) is 0 Å². The number of nitrogens with one attached hydrogen (secondary N) is 1. The highest BCUT2D eigenvalue weighted by Crippen LogP contribution is 2.08. The lowest BCUT2D eigenvalue weighted by atomic mass is 10.1. The van der Waals surface area contributed by atoms with Crippen molar-refractivity contribution in [3.8, 4) is 0 Å². The van der Waals surface area contributed by atoms with Crippen molar-refractivity contribution >= 4 is 16.9 Å². The number of hydrogen-bond donors (Lipinski definition) is 1. The Morgan fingerprint density at radius 3 is 2.00 bits per heavy atom. The van der Waals surface area contributed by atoms with Gasteiger partial charge in [0.1, 0.15) is 0 Å². The summed E-state index contributed by atoms with van der Waals surface area (Å²) in [5, 5.41) is 2.92. The van der Waals surface area contributed by atoms with Gasteiger partial charge in [0.2, 0.25) is 5.91 Å². The van der Waals surface area contributed by atoms with E-state index < -0.39 is 0 Å². The molecule has 4 heteroatoms. The van der Waals surface area contributed by atoms with Crippen LogP contribution in [0.2, 0.25) is 0 Å². The molecule has 0 radical (unpaired) electrons. The van der Waals surface area contributed by atoms with Crippen LogP contribution >= 0.6 is 0 Å². The predicted molar refractivity (Wildman–Crippen MR) is 113 cm³/mol. The summed E-state index contributed by atoms with van der Waals surface area (Å²) in [6, 6.07) is 29.5. The van der Waals surface area contributed by atoms with E-state index in [4.69, 9.17) is 0 Å². The smallest absolute Gasteiger partial charge is 0.224 e. The zero-order valence-corrected chi connectivity index (χ0v) is 15.7. The minimum absolute atomic E-state index is 0.0277. The topological polar surface area (TPSA) is 54.9 Å². The average Bonchev–Trinajstić information content (AvgIpc) is 2.76. The molecule has 0 aliphatic carbocycles. The van der Waals surface area contributed by atoms with Crippen LogP contribution in [0.15, 0.2) is 97.2 Å². The quantitative estimate of drug-likeness (QED) is 0.573. The minimum Gasteiger partial charge on any atom is -0.355 e. The van der Waals surface area contributed by atoms with E-state index in [1.54, 1.807) is 6.20 Å². The summed E-state index contributed by atoms with van der Waals surface area (Å²) in [7, 11) is 0. The molecule has 140 valence electrons. The van der Waals surface area contributed by atoms with Gasteiger partial charge >= 0.3 is 0 Å². The van der Waals surface area contributed by atoms with Gasteiger partial charge in [-0.1, -0.05) is 78.9 Å². The van der Waals surface area contributed by atoms with Crippen molar-refractivity contribution in [1.82, 2.24) is 15.3 Å². The molecule has 0 aliphatic heterocycles. The van der Waals surface area contributed by atoms with Gasteiger partial charge in [0.15, 0.2) is 0 Å². The number of carbonyl (C=O) groups excluding carboxylic acids is 1. The summed E-state index contributed by atoms with van der Waals surface area (Å²) in [4.78, 5) is 20.8. The van der Waals surface area contributed by atoms with Crippen LogP contribution in [0.1, 0.15) is 11.3 Å². The van der Waals surface area contributed by atoms with Crippen LogP contribution in [-0.4, -0.2) is 22.4 Å². The molecule has 0 fully saturated rings. The summed E-state index contributed by atoms with van der Waals surface area (Å²) in [6.45, 7) is 0.568. The molecule has 1 aromatic heterocycles. The molecule has 0 aliphatic rings. The maximum atomic E-state index is 11.9. The van der Waals surface area contributed by atoms with Crippen molar-refractivity contribution in [3.63, 3.8) is 0 Å². The summed E-state index contributed by atoms with van der Waals surface area (Å²) < 4.78 is 0. The molecule has 4 nitrogen and oxygen atoms in total. The third kappa shape index (κ3) is 6.32. The van der Waals surface area contributed by atoms with E-state index >= 15 is 0 Å². The molecule has 0 unspecified atom stereocenters. The van der Waals surface area contributed by atoms with Crippen molar-refractivity contribution in [2.24, 2.45) is 0 Å². The summed E-state index contributed by atoms with van der Waals surface area (Å²) in [5.41, 5.74) is 3.68. The van der Waals surface area contributed by atoms with Gasteiger partial charge in [-0.05, 0) is 17.7 Å². The number of fused-ring (bicyclic) bond motifs is 1. The molecule has 0 spiro atoms. The van der Waals surface area contributed by atoms with Gasteiger partial charge in [0.05, 0.1) is 23.1 Å². The van der Waals surface area contributed by atoms with Crippen molar-refractivity contribution in [2.75, 3.05) is 6.54 Å². The molecule has 4 rings (SSSR count).